The van der Waals surface area contributed by atoms with Gasteiger partial charge in [0.1, 0.15) is 0 Å². The SMILES string of the molecule is CN=C(NCCC(=O)NC1CCS(=O)(=O)C1)NCC1(CC(C)C)CCCC1.I. The van der Waals surface area contributed by atoms with Crippen molar-refractivity contribution >= 4 is 45.7 Å². The summed E-state index contributed by atoms with van der Waals surface area (Å²) in [5.41, 5.74) is 0.358. The summed E-state index contributed by atoms with van der Waals surface area (Å²) in [6.07, 6.45) is 7.18. The Labute approximate surface area is 187 Å². The second-order valence-electron chi connectivity index (χ2n) is 8.58. The number of carbonyl (C=O) groups is 1. The summed E-state index contributed by atoms with van der Waals surface area (Å²) in [4.78, 5) is 16.3. The van der Waals surface area contributed by atoms with Crippen molar-refractivity contribution in [3.63, 3.8) is 0 Å². The molecular formula is C19H37IN4O3S. The van der Waals surface area contributed by atoms with Crippen LogP contribution >= 0.6 is 24.0 Å². The van der Waals surface area contributed by atoms with Crippen molar-refractivity contribution in [1.82, 2.24) is 16.0 Å². The van der Waals surface area contributed by atoms with Gasteiger partial charge in [-0.25, -0.2) is 8.42 Å². The highest BCUT2D eigenvalue weighted by atomic mass is 127. The molecule has 0 aromatic carbocycles. The Balaban J connectivity index is 0.00000392. The first-order chi connectivity index (χ1) is 12.7. The van der Waals surface area contributed by atoms with Crippen LogP contribution in [-0.2, 0) is 14.6 Å². The van der Waals surface area contributed by atoms with E-state index in [1.54, 1.807) is 7.05 Å². The van der Waals surface area contributed by atoms with Crippen molar-refractivity contribution in [2.24, 2.45) is 16.3 Å². The van der Waals surface area contributed by atoms with Gasteiger partial charge in [-0.3, -0.25) is 9.79 Å². The maximum atomic E-state index is 12.0. The van der Waals surface area contributed by atoms with Crippen molar-refractivity contribution in [1.29, 1.82) is 0 Å². The van der Waals surface area contributed by atoms with E-state index < -0.39 is 9.84 Å². The molecule has 0 radical (unpaired) electrons. The Hall–Kier alpha value is -0.580. The minimum atomic E-state index is -2.97. The summed E-state index contributed by atoms with van der Waals surface area (Å²) in [5, 5.41) is 9.45. The topological polar surface area (TPSA) is 99.7 Å². The van der Waals surface area contributed by atoms with Crippen LogP contribution < -0.4 is 16.0 Å². The lowest BCUT2D eigenvalue weighted by Gasteiger charge is -2.31. The van der Waals surface area contributed by atoms with Gasteiger partial charge in [-0.15, -0.1) is 24.0 Å². The lowest BCUT2D eigenvalue weighted by Crippen LogP contribution is -2.44. The average molecular weight is 529 g/mol. The highest BCUT2D eigenvalue weighted by Crippen LogP contribution is 2.42. The summed E-state index contributed by atoms with van der Waals surface area (Å²) >= 11 is 0. The van der Waals surface area contributed by atoms with Crippen LogP contribution in [-0.4, -0.2) is 58.0 Å². The fourth-order valence-electron chi connectivity index (χ4n) is 4.44. The molecule has 9 heteroatoms. The van der Waals surface area contributed by atoms with Gasteiger partial charge in [0.15, 0.2) is 15.8 Å². The van der Waals surface area contributed by atoms with E-state index in [2.05, 4.69) is 34.8 Å². The zero-order valence-corrected chi connectivity index (χ0v) is 20.6. The Kier molecular flexibility index (Phi) is 10.5. The number of hydrogen-bond donors (Lipinski definition) is 3. The number of rotatable bonds is 8. The monoisotopic (exact) mass is 528 g/mol. The molecule has 1 saturated carbocycles. The van der Waals surface area contributed by atoms with Gasteiger partial charge in [0, 0.05) is 32.6 Å². The van der Waals surface area contributed by atoms with Crippen molar-refractivity contribution < 1.29 is 13.2 Å². The predicted molar refractivity (Wildman–Crippen MR) is 125 cm³/mol. The zero-order chi connectivity index (χ0) is 19.9. The highest BCUT2D eigenvalue weighted by Gasteiger charge is 2.34. The molecule has 1 heterocycles. The fraction of sp³-hybridized carbons (Fsp3) is 0.895. The lowest BCUT2D eigenvalue weighted by atomic mass is 9.78. The molecule has 0 spiro atoms. The van der Waals surface area contributed by atoms with Gasteiger partial charge < -0.3 is 16.0 Å². The van der Waals surface area contributed by atoms with Gasteiger partial charge in [0.05, 0.1) is 11.5 Å². The molecular weight excluding hydrogens is 491 g/mol. The summed E-state index contributed by atoms with van der Waals surface area (Å²) in [6, 6.07) is -0.238. The minimum Gasteiger partial charge on any atom is -0.356 e. The van der Waals surface area contributed by atoms with E-state index in [1.165, 1.54) is 32.1 Å². The summed E-state index contributed by atoms with van der Waals surface area (Å²) in [5.74, 6) is 1.52. The number of guanidine groups is 1. The van der Waals surface area contributed by atoms with Crippen LogP contribution in [0.5, 0.6) is 0 Å². The summed E-state index contributed by atoms with van der Waals surface area (Å²) in [7, 11) is -1.23. The van der Waals surface area contributed by atoms with E-state index in [4.69, 9.17) is 0 Å². The third kappa shape index (κ3) is 8.42. The Bertz CT molecular complexity index is 631. The number of aliphatic imine (C=N–C) groups is 1. The summed E-state index contributed by atoms with van der Waals surface area (Å²) < 4.78 is 22.9. The Morgan fingerprint density at radius 3 is 2.43 bits per heavy atom. The average Bonchev–Trinajstić information content (AvgIpc) is 3.16. The molecule has 0 bridgehead atoms. The van der Waals surface area contributed by atoms with Crippen molar-refractivity contribution in [3.8, 4) is 0 Å². The van der Waals surface area contributed by atoms with Crippen LogP contribution in [0.4, 0.5) is 0 Å². The first kappa shape index (κ1) is 25.5. The first-order valence-electron chi connectivity index (χ1n) is 10.2. The Morgan fingerprint density at radius 1 is 1.21 bits per heavy atom. The molecule has 164 valence electrons. The van der Waals surface area contributed by atoms with E-state index in [1.807, 2.05) is 0 Å². The molecule has 7 nitrogen and oxygen atoms in total. The van der Waals surface area contributed by atoms with Crippen LogP contribution in [0.3, 0.4) is 0 Å². The van der Waals surface area contributed by atoms with E-state index in [0.717, 1.165) is 12.5 Å². The van der Waals surface area contributed by atoms with Gasteiger partial charge in [-0.1, -0.05) is 26.7 Å². The molecule has 1 aliphatic carbocycles. The molecule has 1 unspecified atom stereocenters. The molecule has 2 rings (SSSR count). The molecule has 2 aliphatic rings. The molecule has 1 atom stereocenters. The number of halogens is 1. The van der Waals surface area contributed by atoms with Gasteiger partial charge in [-0.05, 0) is 37.0 Å². The van der Waals surface area contributed by atoms with Crippen LogP contribution in [0.25, 0.3) is 0 Å². The number of sulfone groups is 1. The van der Waals surface area contributed by atoms with E-state index in [9.17, 15) is 13.2 Å². The number of nitrogens with zero attached hydrogens (tertiary/aromatic N) is 1. The zero-order valence-electron chi connectivity index (χ0n) is 17.4. The maximum Gasteiger partial charge on any atom is 0.222 e. The molecule has 0 aromatic heterocycles. The molecule has 1 amide bonds. The van der Waals surface area contributed by atoms with Crippen LogP contribution in [0.15, 0.2) is 4.99 Å². The molecule has 3 N–H and O–H groups in total. The standard InChI is InChI=1S/C19H36N4O3S.HI/c1-15(2)12-19(8-4-5-9-19)14-22-18(20-3)21-10-6-17(24)23-16-7-11-27(25,26)13-16;/h15-16H,4-14H2,1-3H3,(H,23,24)(H2,20,21,22);1H. The molecule has 1 saturated heterocycles. The van der Waals surface area contributed by atoms with Gasteiger partial charge >= 0.3 is 0 Å². The first-order valence-corrected chi connectivity index (χ1v) is 12.0. The minimum absolute atomic E-state index is 0. The van der Waals surface area contributed by atoms with Crippen LogP contribution in [0.1, 0.15) is 58.8 Å². The van der Waals surface area contributed by atoms with E-state index in [0.29, 0.717) is 30.7 Å². The molecule has 1 aliphatic heterocycles. The maximum absolute atomic E-state index is 12.0. The largest absolute Gasteiger partial charge is 0.356 e. The summed E-state index contributed by atoms with van der Waals surface area (Å²) in [6.45, 7) is 5.95. The molecule has 28 heavy (non-hydrogen) atoms. The molecule has 2 fully saturated rings. The van der Waals surface area contributed by atoms with Gasteiger partial charge in [0.2, 0.25) is 5.91 Å². The Morgan fingerprint density at radius 2 is 1.89 bits per heavy atom. The fourth-order valence-corrected chi connectivity index (χ4v) is 6.11. The van der Waals surface area contributed by atoms with Crippen LogP contribution in [0, 0.1) is 11.3 Å². The second-order valence-corrected chi connectivity index (χ2v) is 10.8. The van der Waals surface area contributed by atoms with E-state index in [-0.39, 0.29) is 47.4 Å². The molecule has 0 aromatic rings. The number of carbonyl (C=O) groups excluding carboxylic acids is 1. The van der Waals surface area contributed by atoms with Crippen molar-refractivity contribution in [3.05, 3.63) is 0 Å². The smallest absolute Gasteiger partial charge is 0.222 e. The van der Waals surface area contributed by atoms with E-state index >= 15 is 0 Å². The van der Waals surface area contributed by atoms with Crippen LogP contribution in [0.2, 0.25) is 0 Å². The quantitative estimate of drug-likeness (QED) is 0.255. The number of hydrogen-bond acceptors (Lipinski definition) is 4. The van der Waals surface area contributed by atoms with Crippen molar-refractivity contribution in [2.75, 3.05) is 31.6 Å². The van der Waals surface area contributed by atoms with Gasteiger partial charge in [-0.2, -0.15) is 0 Å². The number of nitrogens with one attached hydrogen (secondary N) is 3. The lowest BCUT2D eigenvalue weighted by molar-refractivity contribution is -0.121. The third-order valence-corrected chi connectivity index (χ3v) is 7.37. The predicted octanol–water partition coefficient (Wildman–Crippen LogP) is 2.07. The van der Waals surface area contributed by atoms with Gasteiger partial charge in [0.25, 0.3) is 0 Å². The number of amides is 1. The van der Waals surface area contributed by atoms with Crippen molar-refractivity contribution in [2.45, 2.75) is 64.8 Å². The highest BCUT2D eigenvalue weighted by molar-refractivity contribution is 14.0. The third-order valence-electron chi connectivity index (χ3n) is 5.60. The second kappa shape index (κ2) is 11.6. The normalized spacial score (nSPS) is 23.3.